The fourth-order valence-electron chi connectivity index (χ4n) is 3.00. The highest BCUT2D eigenvalue weighted by Gasteiger charge is 2.23. The smallest absolute Gasteiger partial charge is 0.306 e. The fourth-order valence-corrected chi connectivity index (χ4v) is 3.83. The van der Waals surface area contributed by atoms with E-state index >= 15 is 0 Å². The van der Waals surface area contributed by atoms with Gasteiger partial charge in [0.1, 0.15) is 0 Å². The van der Waals surface area contributed by atoms with Gasteiger partial charge in [-0.05, 0) is 6.07 Å². The summed E-state index contributed by atoms with van der Waals surface area (Å²) in [5.41, 5.74) is 0.666. The summed E-state index contributed by atoms with van der Waals surface area (Å²) in [5, 5.41) is 10.9. The number of piperazine rings is 1. The minimum Gasteiger partial charge on any atom is -0.306 e. The predicted molar refractivity (Wildman–Crippen MR) is 92.1 cm³/mol. The molecule has 1 aromatic heterocycles. The Kier molecular flexibility index (Phi) is 4.62. The molecule has 10 nitrogen and oxygen atoms in total. The number of sulfonamides is 1. The van der Waals surface area contributed by atoms with Crippen molar-refractivity contribution in [3.8, 4) is 0 Å². The van der Waals surface area contributed by atoms with Gasteiger partial charge in [-0.3, -0.25) is 19.6 Å². The molecule has 0 radical (unpaired) electrons. The maximum Gasteiger partial charge on any atom is 0.326 e. The van der Waals surface area contributed by atoms with Gasteiger partial charge in [0.05, 0.1) is 22.2 Å². The molecule has 3 rings (SSSR count). The van der Waals surface area contributed by atoms with E-state index in [1.807, 2.05) is 0 Å². The van der Waals surface area contributed by atoms with Gasteiger partial charge in [0, 0.05) is 51.4 Å². The number of H-pyrrole nitrogens is 1. The molecule has 1 aliphatic heterocycles. The Morgan fingerprint density at radius 2 is 1.88 bits per heavy atom. The number of imidazole rings is 1. The van der Waals surface area contributed by atoms with Gasteiger partial charge in [0.25, 0.3) is 5.69 Å². The van der Waals surface area contributed by atoms with Crippen molar-refractivity contribution in [1.29, 1.82) is 0 Å². The highest BCUT2D eigenvalue weighted by molar-refractivity contribution is 7.88. The minimum absolute atomic E-state index is 0.0676. The molecule has 0 saturated carbocycles. The maximum absolute atomic E-state index is 12.1. The topological polar surface area (TPSA) is 122 Å². The zero-order valence-electron chi connectivity index (χ0n) is 13.7. The third kappa shape index (κ3) is 3.72. The predicted octanol–water partition coefficient (Wildman–Crippen LogP) is -0.185. The van der Waals surface area contributed by atoms with Crippen molar-refractivity contribution in [1.82, 2.24) is 18.8 Å². The van der Waals surface area contributed by atoms with Crippen molar-refractivity contribution in [2.75, 3.05) is 39.0 Å². The van der Waals surface area contributed by atoms with E-state index in [0.717, 1.165) is 0 Å². The number of hydrogen-bond acceptors (Lipinski definition) is 6. The van der Waals surface area contributed by atoms with Gasteiger partial charge in [-0.15, -0.1) is 0 Å². The number of fused-ring (bicyclic) bond motifs is 1. The molecule has 1 fully saturated rings. The first-order chi connectivity index (χ1) is 11.8. The Labute approximate surface area is 143 Å². The van der Waals surface area contributed by atoms with Crippen molar-refractivity contribution in [2.24, 2.45) is 0 Å². The van der Waals surface area contributed by atoms with Crippen molar-refractivity contribution in [3.05, 3.63) is 38.8 Å². The van der Waals surface area contributed by atoms with Crippen LogP contribution in [0.5, 0.6) is 0 Å². The summed E-state index contributed by atoms with van der Waals surface area (Å²) < 4.78 is 25.9. The molecular formula is C14H19N5O5S. The third-order valence-corrected chi connectivity index (χ3v) is 5.71. The third-order valence-electron chi connectivity index (χ3n) is 4.41. The first kappa shape index (κ1) is 17.6. The van der Waals surface area contributed by atoms with E-state index in [9.17, 15) is 23.3 Å². The minimum atomic E-state index is -3.17. The standard InChI is InChI=1S/C14H19N5O5S/c1-25(23,24)17-7-4-16(5-8-17)6-9-18-13-10-11(19(21)22)2-3-12(13)15-14(18)20/h2-3,10H,4-9H2,1H3,(H,15,20). The number of nitrogens with one attached hydrogen (secondary N) is 1. The van der Waals surface area contributed by atoms with Gasteiger partial charge in [-0.2, -0.15) is 4.31 Å². The molecule has 0 aliphatic carbocycles. The average molecular weight is 369 g/mol. The molecule has 1 N–H and O–H groups in total. The molecule has 2 heterocycles. The van der Waals surface area contributed by atoms with Crippen molar-refractivity contribution >= 4 is 26.7 Å². The van der Waals surface area contributed by atoms with Crippen LogP contribution in [-0.2, 0) is 16.6 Å². The monoisotopic (exact) mass is 369 g/mol. The largest absolute Gasteiger partial charge is 0.326 e. The Morgan fingerprint density at radius 1 is 1.20 bits per heavy atom. The summed E-state index contributed by atoms with van der Waals surface area (Å²) in [7, 11) is -3.17. The molecule has 1 saturated heterocycles. The summed E-state index contributed by atoms with van der Waals surface area (Å²) in [5.74, 6) is 0. The number of hydrogen-bond donors (Lipinski definition) is 1. The summed E-state index contributed by atoms with van der Waals surface area (Å²) in [6.07, 6.45) is 1.20. The highest BCUT2D eigenvalue weighted by Crippen LogP contribution is 2.18. The van der Waals surface area contributed by atoms with Crippen LogP contribution in [-0.4, -0.2) is 71.1 Å². The van der Waals surface area contributed by atoms with Crippen LogP contribution in [0.4, 0.5) is 5.69 Å². The zero-order chi connectivity index (χ0) is 18.2. The van der Waals surface area contributed by atoms with Gasteiger partial charge in [0.2, 0.25) is 10.0 Å². The molecule has 0 unspecified atom stereocenters. The first-order valence-corrected chi connectivity index (χ1v) is 9.65. The summed E-state index contributed by atoms with van der Waals surface area (Å²) in [4.78, 5) is 27.3. The number of aromatic nitrogens is 2. The van der Waals surface area contributed by atoms with Gasteiger partial charge < -0.3 is 4.98 Å². The second-order valence-corrected chi connectivity index (χ2v) is 8.03. The van der Waals surface area contributed by atoms with Crippen LogP contribution in [0, 0.1) is 10.1 Å². The van der Waals surface area contributed by atoms with Crippen molar-refractivity contribution < 1.29 is 13.3 Å². The quantitative estimate of drug-likeness (QED) is 0.576. The van der Waals surface area contributed by atoms with Crippen LogP contribution in [0.25, 0.3) is 11.0 Å². The maximum atomic E-state index is 12.1. The highest BCUT2D eigenvalue weighted by atomic mass is 32.2. The molecular weight excluding hydrogens is 350 g/mol. The van der Waals surface area contributed by atoms with Crippen LogP contribution in [0.3, 0.4) is 0 Å². The number of benzene rings is 1. The second kappa shape index (κ2) is 6.58. The van der Waals surface area contributed by atoms with Gasteiger partial charge >= 0.3 is 5.69 Å². The number of nitrogens with zero attached hydrogens (tertiary/aromatic N) is 4. The Bertz CT molecular complexity index is 956. The van der Waals surface area contributed by atoms with Gasteiger partial charge in [-0.1, -0.05) is 0 Å². The molecule has 0 amide bonds. The number of aromatic amines is 1. The molecule has 0 bridgehead atoms. The first-order valence-electron chi connectivity index (χ1n) is 7.80. The van der Waals surface area contributed by atoms with Crippen LogP contribution in [0.2, 0.25) is 0 Å². The van der Waals surface area contributed by atoms with E-state index in [1.54, 1.807) is 0 Å². The van der Waals surface area contributed by atoms with Gasteiger partial charge in [0.15, 0.2) is 0 Å². The lowest BCUT2D eigenvalue weighted by Gasteiger charge is -2.33. The van der Waals surface area contributed by atoms with Crippen molar-refractivity contribution in [2.45, 2.75) is 6.54 Å². The van der Waals surface area contributed by atoms with E-state index in [2.05, 4.69) is 9.88 Å². The summed E-state index contributed by atoms with van der Waals surface area (Å²) in [6.45, 7) is 2.96. The normalized spacial score (nSPS) is 17.2. The van der Waals surface area contributed by atoms with Gasteiger partial charge in [-0.25, -0.2) is 13.2 Å². The zero-order valence-corrected chi connectivity index (χ0v) is 14.5. The van der Waals surface area contributed by atoms with E-state index in [4.69, 9.17) is 0 Å². The number of nitro benzene ring substituents is 1. The van der Waals surface area contributed by atoms with E-state index in [1.165, 1.54) is 33.3 Å². The molecule has 136 valence electrons. The molecule has 25 heavy (non-hydrogen) atoms. The summed E-state index contributed by atoms with van der Waals surface area (Å²) in [6, 6.07) is 4.26. The SMILES string of the molecule is CS(=O)(=O)N1CCN(CCn2c(=O)[nH]c3ccc([N+](=O)[O-])cc32)CC1. The summed E-state index contributed by atoms with van der Waals surface area (Å²) >= 11 is 0. The molecule has 1 aromatic carbocycles. The number of nitro groups is 1. The van der Waals surface area contributed by atoms with Crippen LogP contribution < -0.4 is 5.69 Å². The number of non-ortho nitro benzene ring substituents is 1. The van der Waals surface area contributed by atoms with Crippen LogP contribution >= 0.6 is 0 Å². The van der Waals surface area contributed by atoms with E-state index < -0.39 is 14.9 Å². The Balaban J connectivity index is 1.72. The molecule has 2 aromatic rings. The molecule has 0 spiro atoms. The van der Waals surface area contributed by atoms with Crippen molar-refractivity contribution in [3.63, 3.8) is 0 Å². The molecule has 11 heteroatoms. The molecule has 1 aliphatic rings. The van der Waals surface area contributed by atoms with E-state index in [-0.39, 0.29) is 11.4 Å². The Morgan fingerprint density at radius 3 is 2.48 bits per heavy atom. The second-order valence-electron chi connectivity index (χ2n) is 6.04. The Hall–Kier alpha value is -2.24. The van der Waals surface area contributed by atoms with Crippen LogP contribution in [0.15, 0.2) is 23.0 Å². The van der Waals surface area contributed by atoms with E-state index in [0.29, 0.717) is 50.3 Å². The average Bonchev–Trinajstić information content (AvgIpc) is 2.87. The fraction of sp³-hybridized carbons (Fsp3) is 0.500. The lowest BCUT2D eigenvalue weighted by molar-refractivity contribution is -0.384. The van der Waals surface area contributed by atoms with Crippen LogP contribution in [0.1, 0.15) is 0 Å². The molecule has 0 atom stereocenters. The number of rotatable bonds is 5. The lowest BCUT2D eigenvalue weighted by Crippen LogP contribution is -2.49. The lowest BCUT2D eigenvalue weighted by atomic mass is 10.3.